The molecule has 1 aliphatic heterocycles. The van der Waals surface area contributed by atoms with E-state index in [0.29, 0.717) is 27.9 Å². The predicted octanol–water partition coefficient (Wildman–Crippen LogP) is 4.52. The Kier molecular flexibility index (Phi) is 6.96. The van der Waals surface area contributed by atoms with Crippen molar-refractivity contribution in [1.29, 1.82) is 0 Å². The van der Waals surface area contributed by atoms with Crippen molar-refractivity contribution in [2.45, 2.75) is 19.8 Å². The first-order valence-corrected chi connectivity index (χ1v) is 10.4. The average Bonchev–Trinajstić information content (AvgIpc) is 2.97. The van der Waals surface area contributed by atoms with Crippen LogP contribution in [0.2, 0.25) is 0 Å². The smallest absolute Gasteiger partial charge is 0.269 e. The number of hydrogen-bond acceptors (Lipinski definition) is 6. The number of aryl methyl sites for hydroxylation is 1. The van der Waals surface area contributed by atoms with Crippen LogP contribution in [0.5, 0.6) is 0 Å². The number of thioether (sulfide) groups is 1. The summed E-state index contributed by atoms with van der Waals surface area (Å²) in [6.07, 6.45) is 2.47. The van der Waals surface area contributed by atoms with Gasteiger partial charge in [0.1, 0.15) is 4.32 Å². The van der Waals surface area contributed by atoms with E-state index in [2.05, 4.69) is 5.32 Å². The quantitative estimate of drug-likeness (QED) is 0.294. The second kappa shape index (κ2) is 9.64. The summed E-state index contributed by atoms with van der Waals surface area (Å²) in [5, 5.41) is 13.4. The zero-order valence-corrected chi connectivity index (χ0v) is 17.8. The highest BCUT2D eigenvalue weighted by molar-refractivity contribution is 8.26. The van der Waals surface area contributed by atoms with E-state index in [-0.39, 0.29) is 23.9 Å². The summed E-state index contributed by atoms with van der Waals surface area (Å²) in [6.45, 7) is 2.35. The minimum Gasteiger partial charge on any atom is -0.326 e. The van der Waals surface area contributed by atoms with E-state index >= 15 is 0 Å². The van der Waals surface area contributed by atoms with Crippen LogP contribution in [0, 0.1) is 17.0 Å². The van der Waals surface area contributed by atoms with E-state index in [1.165, 1.54) is 40.9 Å². The molecule has 0 bridgehead atoms. The summed E-state index contributed by atoms with van der Waals surface area (Å²) >= 11 is 6.58. The first-order chi connectivity index (χ1) is 14.3. The molecule has 1 aliphatic rings. The van der Waals surface area contributed by atoms with Crippen molar-refractivity contribution in [3.63, 3.8) is 0 Å². The molecule has 0 unspecified atom stereocenters. The highest BCUT2D eigenvalue weighted by atomic mass is 32.2. The predicted molar refractivity (Wildman–Crippen MR) is 122 cm³/mol. The average molecular weight is 442 g/mol. The summed E-state index contributed by atoms with van der Waals surface area (Å²) in [5.74, 6) is -0.383. The van der Waals surface area contributed by atoms with E-state index < -0.39 is 4.92 Å². The van der Waals surface area contributed by atoms with Crippen LogP contribution in [0.15, 0.2) is 53.4 Å². The number of nitrogens with zero attached hydrogens (tertiary/aromatic N) is 2. The Labute approximate surface area is 183 Å². The maximum atomic E-state index is 12.6. The van der Waals surface area contributed by atoms with E-state index in [9.17, 15) is 19.7 Å². The molecule has 1 N–H and O–H groups in total. The number of thiocarbonyl (C=S) groups is 1. The fourth-order valence-electron chi connectivity index (χ4n) is 2.79. The second-order valence-electron chi connectivity index (χ2n) is 6.70. The van der Waals surface area contributed by atoms with Crippen LogP contribution >= 0.6 is 24.0 Å². The molecule has 2 aromatic rings. The van der Waals surface area contributed by atoms with E-state index in [4.69, 9.17) is 12.2 Å². The summed E-state index contributed by atoms with van der Waals surface area (Å²) in [7, 11) is 0. The maximum absolute atomic E-state index is 12.6. The van der Waals surface area contributed by atoms with Crippen LogP contribution in [-0.2, 0) is 9.59 Å². The summed E-state index contributed by atoms with van der Waals surface area (Å²) in [5.41, 5.74) is 2.52. The van der Waals surface area contributed by atoms with E-state index in [1.54, 1.807) is 0 Å². The second-order valence-corrected chi connectivity index (χ2v) is 8.38. The third kappa shape index (κ3) is 5.52. The number of nitro groups is 1. The zero-order chi connectivity index (χ0) is 21.7. The molecule has 30 heavy (non-hydrogen) atoms. The van der Waals surface area contributed by atoms with Crippen molar-refractivity contribution in [3.05, 3.63) is 74.7 Å². The number of carbonyl (C=O) groups is 2. The van der Waals surface area contributed by atoms with E-state index in [0.717, 1.165) is 11.1 Å². The molecule has 0 aromatic heterocycles. The number of benzene rings is 2. The van der Waals surface area contributed by atoms with Gasteiger partial charge in [-0.25, -0.2) is 0 Å². The third-order valence-corrected chi connectivity index (χ3v) is 5.77. The highest BCUT2D eigenvalue weighted by Gasteiger charge is 2.31. The number of hydrogen-bond donors (Lipinski definition) is 1. The molecular weight excluding hydrogens is 422 g/mol. The fraction of sp³-hybridized carbons (Fsp3) is 0.190. The molecule has 1 saturated heterocycles. The number of amides is 2. The number of non-ortho nitro benzene ring substituents is 1. The van der Waals surface area contributed by atoms with E-state index in [1.807, 2.05) is 37.3 Å². The minimum atomic E-state index is -0.499. The Morgan fingerprint density at radius 1 is 1.20 bits per heavy atom. The summed E-state index contributed by atoms with van der Waals surface area (Å²) in [6, 6.07) is 13.5. The molecule has 2 aromatic carbocycles. The number of anilines is 1. The molecular formula is C21H19N3O4S2. The van der Waals surface area contributed by atoms with Crippen LogP contribution in [0.3, 0.4) is 0 Å². The van der Waals surface area contributed by atoms with Gasteiger partial charge in [-0.15, -0.1) is 0 Å². The normalized spacial score (nSPS) is 15.0. The Morgan fingerprint density at radius 3 is 2.50 bits per heavy atom. The van der Waals surface area contributed by atoms with Gasteiger partial charge in [0.05, 0.1) is 9.83 Å². The molecule has 9 heteroatoms. The molecule has 1 heterocycles. The van der Waals surface area contributed by atoms with Crippen LogP contribution in [0.1, 0.15) is 24.0 Å². The SMILES string of the molecule is Cc1ccc(/C=C2\SC(=S)N(CCCC(=O)Nc3ccc([N+](=O)[O-])cc3)C2=O)cc1. The minimum absolute atomic E-state index is 0.0407. The summed E-state index contributed by atoms with van der Waals surface area (Å²) < 4.78 is 0.481. The molecule has 7 nitrogen and oxygen atoms in total. The lowest BCUT2D eigenvalue weighted by Gasteiger charge is -2.14. The van der Waals surface area contributed by atoms with Gasteiger partial charge in [0.2, 0.25) is 5.91 Å². The van der Waals surface area contributed by atoms with Crippen molar-refractivity contribution >= 4 is 57.6 Å². The van der Waals surface area contributed by atoms with Gasteiger partial charge in [-0.05, 0) is 37.1 Å². The van der Waals surface area contributed by atoms with Gasteiger partial charge in [-0.3, -0.25) is 24.6 Å². The van der Waals surface area contributed by atoms with Crippen molar-refractivity contribution < 1.29 is 14.5 Å². The molecule has 0 saturated carbocycles. The maximum Gasteiger partial charge on any atom is 0.269 e. The first kappa shape index (κ1) is 21.7. The Morgan fingerprint density at radius 2 is 1.87 bits per heavy atom. The largest absolute Gasteiger partial charge is 0.326 e. The standard InChI is InChI=1S/C21H19N3O4S2/c1-14-4-6-15(7-5-14)13-18-20(26)23(21(29)30-18)12-2-3-19(25)22-16-8-10-17(11-9-16)24(27)28/h4-11,13H,2-3,12H2,1H3,(H,22,25)/b18-13-. The number of nitrogens with one attached hydrogen (secondary N) is 1. The highest BCUT2D eigenvalue weighted by Crippen LogP contribution is 2.32. The molecule has 0 aliphatic carbocycles. The van der Waals surface area contributed by atoms with Gasteiger partial charge in [0.25, 0.3) is 11.6 Å². The lowest BCUT2D eigenvalue weighted by atomic mass is 10.1. The number of carbonyl (C=O) groups excluding carboxylic acids is 2. The Bertz CT molecular complexity index is 1020. The van der Waals surface area contributed by atoms with Crippen LogP contribution in [-0.4, -0.2) is 32.5 Å². The van der Waals surface area contributed by atoms with Gasteiger partial charge in [0, 0.05) is 30.8 Å². The number of rotatable bonds is 7. The molecule has 154 valence electrons. The molecule has 0 radical (unpaired) electrons. The van der Waals surface area contributed by atoms with Gasteiger partial charge in [0.15, 0.2) is 0 Å². The molecule has 1 fully saturated rings. The lowest BCUT2D eigenvalue weighted by molar-refractivity contribution is -0.384. The molecule has 0 atom stereocenters. The zero-order valence-electron chi connectivity index (χ0n) is 16.2. The van der Waals surface area contributed by atoms with Crippen LogP contribution < -0.4 is 5.32 Å². The van der Waals surface area contributed by atoms with Crippen molar-refractivity contribution in [2.75, 3.05) is 11.9 Å². The van der Waals surface area contributed by atoms with Gasteiger partial charge >= 0.3 is 0 Å². The molecule has 2 amide bonds. The van der Waals surface area contributed by atoms with Gasteiger partial charge in [-0.1, -0.05) is 53.8 Å². The monoisotopic (exact) mass is 441 g/mol. The lowest BCUT2D eigenvalue weighted by Crippen LogP contribution is -2.29. The van der Waals surface area contributed by atoms with Crippen LogP contribution in [0.25, 0.3) is 6.08 Å². The van der Waals surface area contributed by atoms with Crippen LogP contribution in [0.4, 0.5) is 11.4 Å². The Hall–Kier alpha value is -3.04. The van der Waals surface area contributed by atoms with Gasteiger partial charge in [-0.2, -0.15) is 0 Å². The van der Waals surface area contributed by atoms with Gasteiger partial charge < -0.3 is 5.32 Å². The number of nitro benzene ring substituents is 1. The summed E-state index contributed by atoms with van der Waals surface area (Å²) in [4.78, 5) is 37.0. The Balaban J connectivity index is 1.51. The first-order valence-electron chi connectivity index (χ1n) is 9.20. The topological polar surface area (TPSA) is 92.6 Å². The molecule has 3 rings (SSSR count). The van der Waals surface area contributed by atoms with Crippen molar-refractivity contribution in [2.24, 2.45) is 0 Å². The molecule has 0 spiro atoms. The fourth-order valence-corrected chi connectivity index (χ4v) is 4.10. The third-order valence-electron chi connectivity index (χ3n) is 4.40. The van der Waals surface area contributed by atoms with Crippen molar-refractivity contribution in [3.8, 4) is 0 Å². The van der Waals surface area contributed by atoms with Crippen molar-refractivity contribution in [1.82, 2.24) is 4.90 Å².